The molecule has 0 amide bonds. The van der Waals surface area contributed by atoms with Crippen molar-refractivity contribution in [1.82, 2.24) is 16.0 Å². The van der Waals surface area contributed by atoms with E-state index in [0.717, 1.165) is 13.0 Å². The molecule has 2 heterocycles. The van der Waals surface area contributed by atoms with Crippen LogP contribution in [0.3, 0.4) is 0 Å². The lowest BCUT2D eigenvalue weighted by molar-refractivity contribution is 0.0832. The van der Waals surface area contributed by atoms with E-state index >= 15 is 0 Å². The number of hydrogen-bond donors (Lipinski definition) is 4. The van der Waals surface area contributed by atoms with Crippen LogP contribution in [0, 0.1) is 0 Å². The second-order valence-electron chi connectivity index (χ2n) is 2.92. The molecule has 0 aliphatic carbocycles. The maximum absolute atomic E-state index is 9.15. The highest BCUT2D eigenvalue weighted by atomic mass is 16.3. The molecule has 3 atom stereocenters. The zero-order valence-electron chi connectivity index (χ0n) is 5.80. The molecule has 3 unspecified atom stereocenters. The number of aliphatic hydroxyl groups is 1. The van der Waals surface area contributed by atoms with E-state index in [1.54, 1.807) is 0 Å². The molecule has 4 N–H and O–H groups in total. The molecular weight excluding hydrogens is 130 g/mol. The molecule has 2 aliphatic heterocycles. The van der Waals surface area contributed by atoms with Crippen molar-refractivity contribution in [2.45, 2.75) is 24.9 Å². The highest BCUT2D eigenvalue weighted by Gasteiger charge is 2.31. The van der Waals surface area contributed by atoms with Crippen molar-refractivity contribution in [2.75, 3.05) is 13.1 Å². The average Bonchev–Trinajstić information content (AvgIpc) is 2.33. The van der Waals surface area contributed by atoms with E-state index in [0.29, 0.717) is 18.8 Å². The Kier molecular flexibility index (Phi) is 1.61. The summed E-state index contributed by atoms with van der Waals surface area (Å²) in [7, 11) is 0. The third-order valence-corrected chi connectivity index (χ3v) is 2.16. The van der Waals surface area contributed by atoms with Crippen LogP contribution in [0.1, 0.15) is 6.42 Å². The van der Waals surface area contributed by atoms with Gasteiger partial charge in [0.2, 0.25) is 0 Å². The van der Waals surface area contributed by atoms with E-state index in [1.807, 2.05) is 0 Å². The number of rotatable bonds is 0. The van der Waals surface area contributed by atoms with Crippen LogP contribution in [0.5, 0.6) is 0 Å². The van der Waals surface area contributed by atoms with Gasteiger partial charge in [-0.2, -0.15) is 0 Å². The normalized spacial score (nSPS) is 47.1. The van der Waals surface area contributed by atoms with Gasteiger partial charge in [0.1, 0.15) is 6.23 Å². The van der Waals surface area contributed by atoms with Gasteiger partial charge in [-0.25, -0.2) is 0 Å². The van der Waals surface area contributed by atoms with Gasteiger partial charge < -0.3 is 10.4 Å². The Labute approximate surface area is 60.0 Å². The van der Waals surface area contributed by atoms with Gasteiger partial charge in [-0.05, 0) is 13.0 Å². The predicted molar refractivity (Wildman–Crippen MR) is 37.3 cm³/mol. The molecule has 2 fully saturated rings. The van der Waals surface area contributed by atoms with Gasteiger partial charge in [-0.3, -0.25) is 10.6 Å². The van der Waals surface area contributed by atoms with Crippen LogP contribution in [0.25, 0.3) is 0 Å². The van der Waals surface area contributed by atoms with E-state index < -0.39 is 0 Å². The molecule has 4 nitrogen and oxygen atoms in total. The molecule has 10 heavy (non-hydrogen) atoms. The van der Waals surface area contributed by atoms with Gasteiger partial charge in [-0.1, -0.05) is 0 Å². The minimum absolute atomic E-state index is 0.360. The van der Waals surface area contributed by atoms with Crippen LogP contribution < -0.4 is 16.0 Å². The topological polar surface area (TPSA) is 56.3 Å². The third kappa shape index (κ3) is 1.03. The second-order valence-corrected chi connectivity index (χ2v) is 2.92. The fourth-order valence-electron chi connectivity index (χ4n) is 1.64. The zero-order chi connectivity index (χ0) is 6.97. The van der Waals surface area contributed by atoms with Crippen molar-refractivity contribution in [3.8, 4) is 0 Å². The lowest BCUT2D eigenvalue weighted by Crippen LogP contribution is -2.61. The van der Waals surface area contributed by atoms with E-state index in [1.165, 1.54) is 0 Å². The van der Waals surface area contributed by atoms with Gasteiger partial charge in [0.05, 0.1) is 6.17 Å². The summed E-state index contributed by atoms with van der Waals surface area (Å²) < 4.78 is 0. The van der Waals surface area contributed by atoms with Crippen molar-refractivity contribution in [1.29, 1.82) is 0 Å². The van der Waals surface area contributed by atoms with Gasteiger partial charge in [0.25, 0.3) is 0 Å². The first-order chi connectivity index (χ1) is 4.86. The molecule has 2 rings (SSSR count). The van der Waals surface area contributed by atoms with Gasteiger partial charge in [0, 0.05) is 12.6 Å². The van der Waals surface area contributed by atoms with Crippen LogP contribution in [-0.4, -0.2) is 36.6 Å². The monoisotopic (exact) mass is 143 g/mol. The fraction of sp³-hybridized carbons (Fsp3) is 1.00. The smallest absolute Gasteiger partial charge is 0.117 e. The summed E-state index contributed by atoms with van der Waals surface area (Å²) in [6.07, 6.45) is 1.12. The molecule has 0 bridgehead atoms. The predicted octanol–water partition coefficient (Wildman–Crippen LogP) is -1.81. The Balaban J connectivity index is 1.96. The first-order valence-corrected chi connectivity index (χ1v) is 3.77. The van der Waals surface area contributed by atoms with Gasteiger partial charge >= 0.3 is 0 Å². The van der Waals surface area contributed by atoms with Crippen molar-refractivity contribution in [3.05, 3.63) is 0 Å². The van der Waals surface area contributed by atoms with E-state index in [4.69, 9.17) is 5.11 Å². The lowest BCUT2D eigenvalue weighted by atomic mass is 10.2. The van der Waals surface area contributed by atoms with Gasteiger partial charge in [-0.15, -0.1) is 0 Å². The highest BCUT2D eigenvalue weighted by molar-refractivity contribution is 4.91. The Hall–Kier alpha value is -0.160. The van der Waals surface area contributed by atoms with Crippen molar-refractivity contribution >= 4 is 0 Å². The molecule has 0 saturated carbocycles. The zero-order valence-corrected chi connectivity index (χ0v) is 5.80. The second kappa shape index (κ2) is 2.47. The average molecular weight is 143 g/mol. The number of aliphatic hydroxyl groups excluding tert-OH is 1. The summed E-state index contributed by atoms with van der Waals surface area (Å²) in [5.41, 5.74) is 0. The Morgan fingerprint density at radius 3 is 3.10 bits per heavy atom. The maximum atomic E-state index is 9.15. The Bertz CT molecular complexity index is 130. The summed E-state index contributed by atoms with van der Waals surface area (Å²) >= 11 is 0. The molecular formula is C6H13N3O. The highest BCUT2D eigenvalue weighted by Crippen LogP contribution is 2.07. The largest absolute Gasteiger partial charge is 0.377 e. The minimum atomic E-state index is -0.360. The fourth-order valence-corrected chi connectivity index (χ4v) is 1.64. The van der Waals surface area contributed by atoms with Crippen molar-refractivity contribution in [2.24, 2.45) is 0 Å². The van der Waals surface area contributed by atoms with Crippen LogP contribution in [0.4, 0.5) is 0 Å². The van der Waals surface area contributed by atoms with Crippen molar-refractivity contribution < 1.29 is 5.11 Å². The van der Waals surface area contributed by atoms with Crippen LogP contribution in [0.2, 0.25) is 0 Å². The minimum Gasteiger partial charge on any atom is -0.377 e. The molecule has 2 saturated heterocycles. The molecule has 2 aliphatic rings. The molecule has 4 heteroatoms. The molecule has 0 aromatic carbocycles. The molecule has 0 aromatic rings. The van der Waals surface area contributed by atoms with E-state index in [-0.39, 0.29) is 6.23 Å². The first kappa shape index (κ1) is 6.54. The number of hydrogen-bond acceptors (Lipinski definition) is 4. The molecule has 0 spiro atoms. The van der Waals surface area contributed by atoms with Crippen LogP contribution in [0.15, 0.2) is 0 Å². The van der Waals surface area contributed by atoms with Crippen LogP contribution in [-0.2, 0) is 0 Å². The van der Waals surface area contributed by atoms with E-state index in [9.17, 15) is 0 Å². The van der Waals surface area contributed by atoms with Crippen molar-refractivity contribution in [3.63, 3.8) is 0 Å². The van der Waals surface area contributed by atoms with Crippen LogP contribution >= 0.6 is 0 Å². The number of β-amino-alcohol motifs (C(OH)–C–C–N with tert-alkyl or cyclic N) is 1. The Morgan fingerprint density at radius 2 is 2.20 bits per heavy atom. The Morgan fingerprint density at radius 1 is 1.30 bits per heavy atom. The number of fused-ring (bicyclic) bond motifs is 1. The summed E-state index contributed by atoms with van der Waals surface area (Å²) in [4.78, 5) is 0. The summed E-state index contributed by atoms with van der Waals surface area (Å²) in [5.74, 6) is 0. The standard InChI is InChI=1S/C6H13N3O/c10-5-3-8-6-4(9-5)1-2-7-6/h4-10H,1-3H2. The summed E-state index contributed by atoms with van der Waals surface area (Å²) in [6.45, 7) is 1.69. The van der Waals surface area contributed by atoms with Gasteiger partial charge in [0.15, 0.2) is 0 Å². The lowest BCUT2D eigenvalue weighted by Gasteiger charge is -2.31. The summed E-state index contributed by atoms with van der Waals surface area (Å²) in [5, 5.41) is 18.8. The molecule has 58 valence electrons. The maximum Gasteiger partial charge on any atom is 0.117 e. The number of piperazine rings is 1. The third-order valence-electron chi connectivity index (χ3n) is 2.16. The quantitative estimate of drug-likeness (QED) is 0.323. The summed E-state index contributed by atoms with van der Waals surface area (Å²) in [6, 6.07) is 0.420. The van der Waals surface area contributed by atoms with E-state index in [2.05, 4.69) is 16.0 Å². The molecule has 0 aromatic heterocycles. The first-order valence-electron chi connectivity index (χ1n) is 3.77. The SMILES string of the molecule is OC1CNC2NCCC2N1. The molecule has 0 radical (unpaired) electrons. The number of nitrogens with one attached hydrogen (secondary N) is 3.